The molecular formula is C11H11ClN2O5. The number of nitro benzene ring substituents is 1. The lowest BCUT2D eigenvalue weighted by Crippen LogP contribution is -2.27. The van der Waals surface area contributed by atoms with Crippen molar-refractivity contribution in [2.45, 2.75) is 6.42 Å². The van der Waals surface area contributed by atoms with E-state index in [2.05, 4.69) is 10.1 Å². The Balaban J connectivity index is 2.78. The lowest BCUT2D eigenvalue weighted by Gasteiger charge is -2.05. The number of nitro groups is 1. The molecule has 102 valence electrons. The Morgan fingerprint density at radius 2 is 2.16 bits per heavy atom. The highest BCUT2D eigenvalue weighted by Gasteiger charge is 2.20. The number of esters is 1. The number of carbonyl (C=O) groups excluding carboxylic acids is 2. The van der Waals surface area contributed by atoms with Gasteiger partial charge in [0.2, 0.25) is 0 Å². The first-order valence-electron chi connectivity index (χ1n) is 5.24. The molecule has 0 aromatic heterocycles. The fraction of sp³-hybridized carbons (Fsp3) is 0.273. The van der Waals surface area contributed by atoms with Crippen molar-refractivity contribution in [2.75, 3.05) is 13.7 Å². The van der Waals surface area contributed by atoms with Gasteiger partial charge in [-0.15, -0.1) is 0 Å². The minimum absolute atomic E-state index is 0.0173. The molecule has 0 spiro atoms. The third-order valence-electron chi connectivity index (χ3n) is 2.24. The first kappa shape index (κ1) is 14.9. The summed E-state index contributed by atoms with van der Waals surface area (Å²) in [6, 6.07) is 3.68. The van der Waals surface area contributed by atoms with Gasteiger partial charge in [-0.1, -0.05) is 11.6 Å². The number of nitrogens with one attached hydrogen (secondary N) is 1. The summed E-state index contributed by atoms with van der Waals surface area (Å²) in [5, 5.41) is 13.4. The molecule has 1 aromatic rings. The predicted molar refractivity (Wildman–Crippen MR) is 67.1 cm³/mol. The van der Waals surface area contributed by atoms with Crippen LogP contribution < -0.4 is 5.32 Å². The Labute approximate surface area is 113 Å². The summed E-state index contributed by atoms with van der Waals surface area (Å²) in [5.41, 5.74) is -0.498. The van der Waals surface area contributed by atoms with Gasteiger partial charge in [0.1, 0.15) is 5.56 Å². The average Bonchev–Trinajstić information content (AvgIpc) is 2.37. The van der Waals surface area contributed by atoms with Crippen LogP contribution in [0.5, 0.6) is 0 Å². The number of rotatable bonds is 5. The maximum atomic E-state index is 11.8. The summed E-state index contributed by atoms with van der Waals surface area (Å²) in [6.07, 6.45) is -0.0173. The summed E-state index contributed by atoms with van der Waals surface area (Å²) in [5.74, 6) is -1.15. The molecule has 1 amide bonds. The van der Waals surface area contributed by atoms with Gasteiger partial charge in [0.25, 0.3) is 11.6 Å². The zero-order valence-corrected chi connectivity index (χ0v) is 10.8. The highest BCUT2D eigenvalue weighted by Crippen LogP contribution is 2.22. The summed E-state index contributed by atoms with van der Waals surface area (Å²) in [6.45, 7) is 0.0230. The molecule has 8 heteroatoms. The molecule has 0 radical (unpaired) electrons. The van der Waals surface area contributed by atoms with Crippen LogP contribution >= 0.6 is 11.6 Å². The number of methoxy groups -OCH3 is 1. The van der Waals surface area contributed by atoms with Crippen molar-refractivity contribution in [1.82, 2.24) is 5.32 Å². The van der Waals surface area contributed by atoms with Gasteiger partial charge >= 0.3 is 5.97 Å². The van der Waals surface area contributed by atoms with E-state index in [1.165, 1.54) is 19.2 Å². The van der Waals surface area contributed by atoms with Crippen LogP contribution in [0.15, 0.2) is 18.2 Å². The molecule has 0 aliphatic carbocycles. The maximum absolute atomic E-state index is 11.8. The number of ether oxygens (including phenoxy) is 1. The smallest absolute Gasteiger partial charge is 0.307 e. The van der Waals surface area contributed by atoms with Crippen molar-refractivity contribution < 1.29 is 19.2 Å². The fourth-order valence-corrected chi connectivity index (χ4v) is 1.50. The van der Waals surface area contributed by atoms with E-state index in [-0.39, 0.29) is 29.2 Å². The molecule has 0 heterocycles. The Morgan fingerprint density at radius 3 is 2.74 bits per heavy atom. The zero-order valence-electron chi connectivity index (χ0n) is 10.0. The van der Waals surface area contributed by atoms with E-state index in [0.717, 1.165) is 6.07 Å². The third kappa shape index (κ3) is 4.22. The second-order valence-electron chi connectivity index (χ2n) is 3.50. The van der Waals surface area contributed by atoms with Crippen LogP contribution in [-0.2, 0) is 9.53 Å². The third-order valence-corrected chi connectivity index (χ3v) is 2.48. The van der Waals surface area contributed by atoms with E-state index in [0.29, 0.717) is 0 Å². The predicted octanol–water partition coefficient (Wildman–Crippen LogP) is 1.54. The summed E-state index contributed by atoms with van der Waals surface area (Å²) >= 11 is 5.70. The van der Waals surface area contributed by atoms with Crippen LogP contribution in [0.1, 0.15) is 16.8 Å². The van der Waals surface area contributed by atoms with Gasteiger partial charge in [0.05, 0.1) is 18.5 Å². The highest BCUT2D eigenvalue weighted by molar-refractivity contribution is 6.31. The second kappa shape index (κ2) is 6.69. The number of benzene rings is 1. The fourth-order valence-electron chi connectivity index (χ4n) is 1.32. The molecular weight excluding hydrogens is 276 g/mol. The molecule has 0 bridgehead atoms. The van der Waals surface area contributed by atoms with Crippen LogP contribution in [0.2, 0.25) is 5.02 Å². The minimum Gasteiger partial charge on any atom is -0.469 e. The summed E-state index contributed by atoms with van der Waals surface area (Å²) < 4.78 is 4.40. The minimum atomic E-state index is -0.675. The van der Waals surface area contributed by atoms with Crippen molar-refractivity contribution in [2.24, 2.45) is 0 Å². The molecule has 1 aromatic carbocycles. The van der Waals surface area contributed by atoms with Crippen molar-refractivity contribution >= 4 is 29.2 Å². The number of nitrogens with zero attached hydrogens (tertiary/aromatic N) is 1. The monoisotopic (exact) mass is 286 g/mol. The Hall–Kier alpha value is -2.15. The van der Waals surface area contributed by atoms with Gasteiger partial charge in [0, 0.05) is 17.6 Å². The van der Waals surface area contributed by atoms with Gasteiger partial charge in [0.15, 0.2) is 0 Å². The number of amides is 1. The van der Waals surface area contributed by atoms with Gasteiger partial charge < -0.3 is 10.1 Å². The van der Waals surface area contributed by atoms with E-state index >= 15 is 0 Å². The lowest BCUT2D eigenvalue weighted by molar-refractivity contribution is -0.385. The van der Waals surface area contributed by atoms with E-state index in [4.69, 9.17) is 11.6 Å². The van der Waals surface area contributed by atoms with Gasteiger partial charge in [-0.2, -0.15) is 0 Å². The lowest BCUT2D eigenvalue weighted by atomic mass is 10.1. The highest BCUT2D eigenvalue weighted by atomic mass is 35.5. The van der Waals surface area contributed by atoms with Crippen LogP contribution in [0.3, 0.4) is 0 Å². The van der Waals surface area contributed by atoms with Crippen molar-refractivity contribution in [3.63, 3.8) is 0 Å². The number of halogens is 1. The van der Waals surface area contributed by atoms with E-state index in [1.54, 1.807) is 0 Å². The second-order valence-corrected chi connectivity index (χ2v) is 3.94. The van der Waals surface area contributed by atoms with Gasteiger partial charge in [-0.3, -0.25) is 19.7 Å². The first-order valence-corrected chi connectivity index (χ1v) is 5.62. The number of carbonyl (C=O) groups is 2. The van der Waals surface area contributed by atoms with Crippen molar-refractivity contribution in [1.29, 1.82) is 0 Å². The molecule has 7 nitrogen and oxygen atoms in total. The summed E-state index contributed by atoms with van der Waals surface area (Å²) in [7, 11) is 1.23. The first-order chi connectivity index (χ1) is 8.95. The van der Waals surface area contributed by atoms with Crippen LogP contribution in [0.25, 0.3) is 0 Å². The Morgan fingerprint density at radius 1 is 1.47 bits per heavy atom. The average molecular weight is 287 g/mol. The van der Waals surface area contributed by atoms with Gasteiger partial charge in [-0.05, 0) is 12.1 Å². The quantitative estimate of drug-likeness (QED) is 0.503. The van der Waals surface area contributed by atoms with E-state index < -0.39 is 16.8 Å². The maximum Gasteiger partial charge on any atom is 0.307 e. The van der Waals surface area contributed by atoms with Crippen LogP contribution in [0.4, 0.5) is 5.69 Å². The molecule has 1 N–H and O–H groups in total. The Kier molecular flexibility index (Phi) is 5.25. The molecule has 19 heavy (non-hydrogen) atoms. The SMILES string of the molecule is COC(=O)CCNC(=O)c1cc(Cl)ccc1[N+](=O)[O-]. The Bertz CT molecular complexity index is 518. The van der Waals surface area contributed by atoms with Crippen LogP contribution in [0, 0.1) is 10.1 Å². The zero-order chi connectivity index (χ0) is 14.4. The molecule has 0 fully saturated rings. The molecule has 0 unspecified atom stereocenters. The molecule has 1 rings (SSSR count). The van der Waals surface area contributed by atoms with Gasteiger partial charge in [-0.25, -0.2) is 0 Å². The standard InChI is InChI=1S/C11H11ClN2O5/c1-19-10(15)4-5-13-11(16)8-6-7(12)2-3-9(8)14(17)18/h2-3,6H,4-5H2,1H3,(H,13,16). The van der Waals surface area contributed by atoms with Crippen LogP contribution in [-0.4, -0.2) is 30.5 Å². The normalized spacial score (nSPS) is 9.79. The molecule has 0 saturated heterocycles. The van der Waals surface area contributed by atoms with E-state index in [1.807, 2.05) is 0 Å². The topological polar surface area (TPSA) is 98.5 Å². The largest absolute Gasteiger partial charge is 0.469 e. The molecule has 0 aliphatic heterocycles. The molecule has 0 atom stereocenters. The molecule has 0 saturated carbocycles. The van der Waals surface area contributed by atoms with Crippen molar-refractivity contribution in [3.8, 4) is 0 Å². The van der Waals surface area contributed by atoms with Crippen molar-refractivity contribution in [3.05, 3.63) is 38.9 Å². The van der Waals surface area contributed by atoms with E-state index in [9.17, 15) is 19.7 Å². The number of hydrogen-bond acceptors (Lipinski definition) is 5. The molecule has 0 aliphatic rings. The summed E-state index contributed by atoms with van der Waals surface area (Å²) in [4.78, 5) is 32.7. The number of hydrogen-bond donors (Lipinski definition) is 1.